The molecule has 1 aromatic heterocycles. The van der Waals surface area contributed by atoms with Crippen molar-refractivity contribution in [2.45, 2.75) is 67.0 Å². The third-order valence-electron chi connectivity index (χ3n) is 5.71. The van der Waals surface area contributed by atoms with Crippen LogP contribution in [-0.4, -0.2) is 61.8 Å². The molecule has 0 amide bonds. The Labute approximate surface area is 176 Å². The minimum Gasteiger partial charge on any atom is -0.444 e. The van der Waals surface area contributed by atoms with Gasteiger partial charge in [0.05, 0.1) is 24.9 Å². The van der Waals surface area contributed by atoms with Gasteiger partial charge < -0.3 is 19.8 Å². The Bertz CT molecular complexity index is 623. The van der Waals surface area contributed by atoms with Crippen LogP contribution in [0.2, 0.25) is 0 Å². The lowest BCUT2D eigenvalue weighted by atomic mass is 9.89. The molecule has 7 heteroatoms. The van der Waals surface area contributed by atoms with E-state index >= 15 is 0 Å². The van der Waals surface area contributed by atoms with Crippen LogP contribution in [0.25, 0.3) is 0 Å². The lowest BCUT2D eigenvalue weighted by Gasteiger charge is -2.31. The number of methoxy groups -OCH3 is 1. The Kier molecular flexibility index (Phi) is 8.96. The molecule has 2 N–H and O–H groups in total. The molecule has 0 radical (unpaired) electrons. The van der Waals surface area contributed by atoms with Gasteiger partial charge in [-0.3, -0.25) is 9.89 Å². The molecular weight excluding hydrogens is 366 g/mol. The largest absolute Gasteiger partial charge is 0.444 e. The summed E-state index contributed by atoms with van der Waals surface area (Å²) in [7, 11) is 1.76. The SMILES string of the molecule is CCNC(=NCC(OC)C(C)(C)C)NCC1CCN(Cc2nc(C)c(C)o2)CC1. The molecule has 29 heavy (non-hydrogen) atoms. The predicted octanol–water partition coefficient (Wildman–Crippen LogP) is 3.12. The van der Waals surface area contributed by atoms with Crippen molar-refractivity contribution in [1.82, 2.24) is 20.5 Å². The Morgan fingerprint density at radius 3 is 2.48 bits per heavy atom. The van der Waals surface area contributed by atoms with Gasteiger partial charge in [0.25, 0.3) is 0 Å². The zero-order chi connectivity index (χ0) is 21.4. The number of aliphatic imine (C=N–C) groups is 1. The summed E-state index contributed by atoms with van der Waals surface area (Å²) in [4.78, 5) is 11.7. The van der Waals surface area contributed by atoms with Crippen LogP contribution in [0.5, 0.6) is 0 Å². The van der Waals surface area contributed by atoms with Crippen molar-refractivity contribution in [3.8, 4) is 0 Å². The van der Waals surface area contributed by atoms with Gasteiger partial charge in [-0.05, 0) is 58.0 Å². The average Bonchev–Trinajstić information content (AvgIpc) is 2.97. The van der Waals surface area contributed by atoms with Crippen molar-refractivity contribution in [3.05, 3.63) is 17.3 Å². The van der Waals surface area contributed by atoms with Gasteiger partial charge in [0.2, 0.25) is 5.89 Å². The summed E-state index contributed by atoms with van der Waals surface area (Å²) >= 11 is 0. The number of piperidine rings is 1. The third-order valence-corrected chi connectivity index (χ3v) is 5.71. The molecule has 1 atom stereocenters. The van der Waals surface area contributed by atoms with Crippen LogP contribution < -0.4 is 10.6 Å². The van der Waals surface area contributed by atoms with Crippen LogP contribution in [0.15, 0.2) is 9.41 Å². The number of hydrogen-bond acceptors (Lipinski definition) is 5. The van der Waals surface area contributed by atoms with Crippen LogP contribution >= 0.6 is 0 Å². The van der Waals surface area contributed by atoms with Gasteiger partial charge in [-0.2, -0.15) is 0 Å². The second kappa shape index (κ2) is 11.0. The van der Waals surface area contributed by atoms with Gasteiger partial charge in [0.15, 0.2) is 5.96 Å². The topological polar surface area (TPSA) is 74.9 Å². The Hall–Kier alpha value is -1.60. The highest BCUT2D eigenvalue weighted by Crippen LogP contribution is 2.22. The van der Waals surface area contributed by atoms with Crippen molar-refractivity contribution in [1.29, 1.82) is 0 Å². The molecule has 7 nitrogen and oxygen atoms in total. The minimum absolute atomic E-state index is 0.0718. The van der Waals surface area contributed by atoms with Crippen LogP contribution in [0.3, 0.4) is 0 Å². The molecule has 0 aliphatic carbocycles. The average molecular weight is 408 g/mol. The monoisotopic (exact) mass is 407 g/mol. The van der Waals surface area contributed by atoms with E-state index < -0.39 is 0 Å². The maximum atomic E-state index is 5.73. The highest BCUT2D eigenvalue weighted by atomic mass is 16.5. The van der Waals surface area contributed by atoms with Crippen LogP contribution in [-0.2, 0) is 11.3 Å². The molecular formula is C22H41N5O2. The highest BCUT2D eigenvalue weighted by molar-refractivity contribution is 5.79. The molecule has 1 aliphatic heterocycles. The zero-order valence-corrected chi connectivity index (χ0v) is 19.5. The third kappa shape index (κ3) is 7.63. The van der Waals surface area contributed by atoms with E-state index in [0.717, 1.165) is 56.0 Å². The number of nitrogens with zero attached hydrogens (tertiary/aromatic N) is 3. The zero-order valence-electron chi connectivity index (χ0n) is 19.5. The first-order valence-electron chi connectivity index (χ1n) is 10.9. The molecule has 1 aromatic rings. The first-order valence-corrected chi connectivity index (χ1v) is 10.9. The van der Waals surface area contributed by atoms with Crippen molar-refractivity contribution in [3.63, 3.8) is 0 Å². The van der Waals surface area contributed by atoms with E-state index in [4.69, 9.17) is 14.1 Å². The molecule has 1 unspecified atom stereocenters. The summed E-state index contributed by atoms with van der Waals surface area (Å²) in [6.07, 6.45) is 2.45. The van der Waals surface area contributed by atoms with E-state index in [9.17, 15) is 0 Å². The number of rotatable bonds is 8. The van der Waals surface area contributed by atoms with Gasteiger partial charge in [-0.1, -0.05) is 20.8 Å². The number of oxazole rings is 1. The van der Waals surface area contributed by atoms with E-state index in [1.54, 1.807) is 7.11 Å². The maximum absolute atomic E-state index is 5.73. The molecule has 166 valence electrons. The summed E-state index contributed by atoms with van der Waals surface area (Å²) in [5.74, 6) is 3.30. The quantitative estimate of drug-likeness (QED) is 0.509. The molecule has 0 aromatic carbocycles. The molecule has 1 saturated heterocycles. The maximum Gasteiger partial charge on any atom is 0.208 e. The summed E-state index contributed by atoms with van der Waals surface area (Å²) in [6.45, 7) is 18.1. The van der Waals surface area contributed by atoms with Crippen molar-refractivity contribution >= 4 is 5.96 Å². The van der Waals surface area contributed by atoms with E-state index in [1.807, 2.05) is 13.8 Å². The van der Waals surface area contributed by atoms with E-state index in [-0.39, 0.29) is 11.5 Å². The van der Waals surface area contributed by atoms with Gasteiger partial charge in [0, 0.05) is 20.2 Å². The molecule has 1 fully saturated rings. The number of ether oxygens (including phenoxy) is 1. The fourth-order valence-electron chi connectivity index (χ4n) is 3.61. The number of nitrogens with one attached hydrogen (secondary N) is 2. The second-order valence-electron chi connectivity index (χ2n) is 9.16. The first kappa shape index (κ1) is 23.7. The van der Waals surface area contributed by atoms with Gasteiger partial charge in [0.1, 0.15) is 5.76 Å². The standard InChI is InChI=1S/C22H41N5O2/c1-8-23-21(25-14-19(28-7)22(4,5)6)24-13-18-9-11-27(12-10-18)15-20-26-16(2)17(3)29-20/h18-19H,8-15H2,1-7H3,(H2,23,24,25). The summed E-state index contributed by atoms with van der Waals surface area (Å²) in [5.41, 5.74) is 1.07. The van der Waals surface area contributed by atoms with Crippen molar-refractivity contribution in [2.24, 2.45) is 16.3 Å². The smallest absolute Gasteiger partial charge is 0.208 e. The number of guanidine groups is 1. The van der Waals surface area contributed by atoms with E-state index in [0.29, 0.717) is 12.5 Å². The summed E-state index contributed by atoms with van der Waals surface area (Å²) < 4.78 is 11.4. The van der Waals surface area contributed by atoms with Gasteiger partial charge >= 0.3 is 0 Å². The molecule has 1 aliphatic rings. The Balaban J connectivity index is 1.78. The fourth-order valence-corrected chi connectivity index (χ4v) is 3.61. The molecule has 0 spiro atoms. The van der Waals surface area contributed by atoms with Crippen molar-refractivity contribution in [2.75, 3.05) is 39.8 Å². The number of aryl methyl sites for hydroxylation is 2. The second-order valence-corrected chi connectivity index (χ2v) is 9.16. The molecule has 0 bridgehead atoms. The van der Waals surface area contributed by atoms with E-state index in [2.05, 4.69) is 48.2 Å². The lowest BCUT2D eigenvalue weighted by molar-refractivity contribution is 0.0241. The van der Waals surface area contributed by atoms with Crippen LogP contribution in [0.1, 0.15) is 57.9 Å². The first-order chi connectivity index (χ1) is 13.7. The van der Waals surface area contributed by atoms with Crippen molar-refractivity contribution < 1.29 is 9.15 Å². The van der Waals surface area contributed by atoms with Gasteiger partial charge in [-0.15, -0.1) is 0 Å². The van der Waals surface area contributed by atoms with Crippen LogP contribution in [0, 0.1) is 25.2 Å². The number of likely N-dealkylation sites (tertiary alicyclic amines) is 1. The predicted molar refractivity (Wildman–Crippen MR) is 118 cm³/mol. The molecule has 0 saturated carbocycles. The molecule has 2 heterocycles. The van der Waals surface area contributed by atoms with E-state index in [1.165, 1.54) is 12.8 Å². The normalized spacial score (nSPS) is 18.1. The Morgan fingerprint density at radius 1 is 1.28 bits per heavy atom. The molecule has 2 rings (SSSR count). The number of aromatic nitrogens is 1. The number of hydrogen-bond donors (Lipinski definition) is 2. The highest BCUT2D eigenvalue weighted by Gasteiger charge is 2.24. The minimum atomic E-state index is 0.0718. The lowest BCUT2D eigenvalue weighted by Crippen LogP contribution is -2.43. The summed E-state index contributed by atoms with van der Waals surface area (Å²) in [5, 5.41) is 6.88. The van der Waals surface area contributed by atoms with Gasteiger partial charge in [-0.25, -0.2) is 4.98 Å². The summed E-state index contributed by atoms with van der Waals surface area (Å²) in [6, 6.07) is 0. The Morgan fingerprint density at radius 2 is 1.97 bits per heavy atom. The van der Waals surface area contributed by atoms with Crippen LogP contribution in [0.4, 0.5) is 0 Å². The fraction of sp³-hybridized carbons (Fsp3) is 0.818.